The van der Waals surface area contributed by atoms with E-state index in [-0.39, 0.29) is 39.1 Å². The van der Waals surface area contributed by atoms with Crippen LogP contribution in [0.3, 0.4) is 0 Å². The molecule has 1 aliphatic rings. The van der Waals surface area contributed by atoms with Crippen LogP contribution in [0.15, 0.2) is 21.7 Å². The summed E-state index contributed by atoms with van der Waals surface area (Å²) >= 11 is 5.95. The van der Waals surface area contributed by atoms with Crippen LogP contribution < -0.4 is 16.6 Å². The molecule has 0 aliphatic carbocycles. The zero-order valence-corrected chi connectivity index (χ0v) is 16.0. The lowest BCUT2D eigenvalue weighted by Crippen LogP contribution is -2.45. The standard InChI is InChI=1S/C15H17ClN4O4.BrH/c1-2-18-12-8-11(16)13(20(23)24)7-10(12)14(21)19(15(18)22)9-3-5-17-6-4-9;/h7-9,17H,2-6H2,1H3;1H. The fourth-order valence-corrected chi connectivity index (χ4v) is 3.45. The Balaban J connectivity index is 0.00000225. The molecule has 25 heavy (non-hydrogen) atoms. The van der Waals surface area contributed by atoms with Crippen molar-refractivity contribution in [1.82, 2.24) is 14.5 Å². The second-order valence-corrected chi connectivity index (χ2v) is 6.17. The molecule has 0 atom stereocenters. The number of piperidine rings is 1. The normalized spacial score (nSPS) is 15.1. The van der Waals surface area contributed by atoms with E-state index in [9.17, 15) is 19.7 Å². The van der Waals surface area contributed by atoms with Gasteiger partial charge in [0.15, 0.2) is 0 Å². The number of rotatable bonds is 3. The van der Waals surface area contributed by atoms with Gasteiger partial charge in [0.25, 0.3) is 11.2 Å². The first-order valence-corrected chi connectivity index (χ1v) is 8.17. The smallest absolute Gasteiger partial charge is 0.317 e. The van der Waals surface area contributed by atoms with E-state index in [1.807, 2.05) is 0 Å². The van der Waals surface area contributed by atoms with Crippen LogP contribution >= 0.6 is 28.6 Å². The van der Waals surface area contributed by atoms with E-state index in [0.29, 0.717) is 24.9 Å². The van der Waals surface area contributed by atoms with E-state index in [0.717, 1.165) is 13.1 Å². The Kier molecular flexibility index (Phi) is 6.02. The highest BCUT2D eigenvalue weighted by molar-refractivity contribution is 8.93. The van der Waals surface area contributed by atoms with Crippen molar-refractivity contribution in [2.75, 3.05) is 13.1 Å². The first-order chi connectivity index (χ1) is 11.5. The summed E-state index contributed by atoms with van der Waals surface area (Å²) in [4.78, 5) is 36.2. The van der Waals surface area contributed by atoms with Crippen LogP contribution in [0.4, 0.5) is 5.69 Å². The number of fused-ring (bicyclic) bond motifs is 1. The number of hydrogen-bond acceptors (Lipinski definition) is 5. The minimum Gasteiger partial charge on any atom is -0.317 e. The number of hydrogen-bond donors (Lipinski definition) is 1. The SMILES string of the molecule is Br.CCn1c(=O)n(C2CCNCC2)c(=O)c2cc([N+](=O)[O-])c(Cl)cc21. The number of benzene rings is 1. The molecule has 2 aromatic rings. The van der Waals surface area contributed by atoms with E-state index in [1.165, 1.54) is 21.3 Å². The molecular weight excluding hydrogens is 416 g/mol. The Morgan fingerprint density at radius 2 is 1.96 bits per heavy atom. The Bertz CT molecular complexity index is 934. The van der Waals surface area contributed by atoms with Gasteiger partial charge in [0.05, 0.1) is 15.8 Å². The largest absolute Gasteiger partial charge is 0.331 e. The van der Waals surface area contributed by atoms with Crippen molar-refractivity contribution in [2.24, 2.45) is 0 Å². The van der Waals surface area contributed by atoms with Crippen LogP contribution in [0.5, 0.6) is 0 Å². The number of nitro groups is 1. The maximum Gasteiger partial charge on any atom is 0.331 e. The molecule has 0 radical (unpaired) electrons. The van der Waals surface area contributed by atoms with E-state index >= 15 is 0 Å². The van der Waals surface area contributed by atoms with Gasteiger partial charge in [-0.2, -0.15) is 0 Å². The van der Waals surface area contributed by atoms with Gasteiger partial charge in [-0.1, -0.05) is 11.6 Å². The van der Waals surface area contributed by atoms with Gasteiger partial charge in [-0.05, 0) is 38.9 Å². The summed E-state index contributed by atoms with van der Waals surface area (Å²) in [5, 5.41) is 14.4. The average Bonchev–Trinajstić information content (AvgIpc) is 2.55. The Hall–Kier alpha value is -1.71. The van der Waals surface area contributed by atoms with Crippen molar-refractivity contribution in [3.63, 3.8) is 0 Å². The monoisotopic (exact) mass is 432 g/mol. The predicted molar refractivity (Wildman–Crippen MR) is 101 cm³/mol. The molecule has 0 saturated carbocycles. The van der Waals surface area contributed by atoms with Crippen LogP contribution in [-0.4, -0.2) is 27.1 Å². The number of nitrogens with zero attached hydrogens (tertiary/aromatic N) is 3. The highest BCUT2D eigenvalue weighted by Gasteiger charge is 2.24. The lowest BCUT2D eigenvalue weighted by Gasteiger charge is -2.25. The van der Waals surface area contributed by atoms with E-state index in [2.05, 4.69) is 5.32 Å². The Morgan fingerprint density at radius 3 is 2.52 bits per heavy atom. The number of aryl methyl sites for hydroxylation is 1. The summed E-state index contributed by atoms with van der Waals surface area (Å²) < 4.78 is 2.68. The van der Waals surface area contributed by atoms with E-state index in [1.54, 1.807) is 6.92 Å². The molecule has 1 saturated heterocycles. The van der Waals surface area contributed by atoms with E-state index < -0.39 is 16.2 Å². The van der Waals surface area contributed by atoms with Crippen molar-refractivity contribution in [1.29, 1.82) is 0 Å². The topological polar surface area (TPSA) is 99.2 Å². The molecule has 0 spiro atoms. The van der Waals surface area contributed by atoms with Crippen LogP contribution in [0, 0.1) is 10.1 Å². The van der Waals surface area contributed by atoms with Gasteiger partial charge in [-0.15, -0.1) is 17.0 Å². The Morgan fingerprint density at radius 1 is 1.32 bits per heavy atom. The zero-order valence-electron chi connectivity index (χ0n) is 13.5. The number of aromatic nitrogens is 2. The minimum atomic E-state index is -0.628. The van der Waals surface area contributed by atoms with Crippen LogP contribution in [0.1, 0.15) is 25.8 Å². The van der Waals surface area contributed by atoms with Crippen molar-refractivity contribution in [2.45, 2.75) is 32.4 Å². The van der Waals surface area contributed by atoms with Crippen LogP contribution in [0.25, 0.3) is 10.9 Å². The highest BCUT2D eigenvalue weighted by Crippen LogP contribution is 2.28. The molecule has 8 nitrogen and oxygen atoms in total. The van der Waals surface area contributed by atoms with Gasteiger partial charge in [0.2, 0.25) is 0 Å². The lowest BCUT2D eigenvalue weighted by molar-refractivity contribution is -0.384. The molecule has 1 aromatic heterocycles. The minimum absolute atomic E-state index is 0. The molecule has 1 aromatic carbocycles. The molecule has 0 amide bonds. The highest BCUT2D eigenvalue weighted by atomic mass is 79.9. The van der Waals surface area contributed by atoms with Gasteiger partial charge >= 0.3 is 5.69 Å². The number of halogens is 2. The van der Waals surface area contributed by atoms with Gasteiger partial charge in [-0.3, -0.25) is 24.0 Å². The van der Waals surface area contributed by atoms with Gasteiger partial charge in [0, 0.05) is 18.7 Å². The molecule has 136 valence electrons. The maximum atomic E-state index is 12.9. The third-order valence-electron chi connectivity index (χ3n) is 4.43. The van der Waals surface area contributed by atoms with Gasteiger partial charge in [-0.25, -0.2) is 4.79 Å². The molecule has 0 unspecified atom stereocenters. The van der Waals surface area contributed by atoms with Crippen molar-refractivity contribution < 1.29 is 4.92 Å². The maximum absolute atomic E-state index is 12.9. The summed E-state index contributed by atoms with van der Waals surface area (Å²) in [7, 11) is 0. The summed E-state index contributed by atoms with van der Waals surface area (Å²) in [5.41, 5.74) is -0.897. The molecule has 3 rings (SSSR count). The van der Waals surface area contributed by atoms with Crippen LogP contribution in [0.2, 0.25) is 5.02 Å². The molecule has 1 fully saturated rings. The number of nitrogens with one attached hydrogen (secondary N) is 1. The molecular formula is C15H18BrClN4O4. The second-order valence-electron chi connectivity index (χ2n) is 5.76. The first kappa shape index (κ1) is 19.6. The third-order valence-corrected chi connectivity index (χ3v) is 4.73. The summed E-state index contributed by atoms with van der Waals surface area (Å²) in [5.74, 6) is 0. The quantitative estimate of drug-likeness (QED) is 0.591. The summed E-state index contributed by atoms with van der Waals surface area (Å²) in [6.07, 6.45) is 1.33. The second kappa shape index (κ2) is 7.67. The van der Waals surface area contributed by atoms with Crippen LogP contribution in [-0.2, 0) is 6.54 Å². The van der Waals surface area contributed by atoms with Crippen molar-refractivity contribution in [3.05, 3.63) is 48.1 Å². The van der Waals surface area contributed by atoms with Gasteiger partial charge in [0.1, 0.15) is 5.02 Å². The molecule has 1 N–H and O–H groups in total. The lowest BCUT2D eigenvalue weighted by atomic mass is 10.1. The van der Waals surface area contributed by atoms with Crippen molar-refractivity contribution >= 4 is 45.2 Å². The summed E-state index contributed by atoms with van der Waals surface area (Å²) in [6, 6.07) is 2.29. The molecule has 0 bridgehead atoms. The molecule has 2 heterocycles. The predicted octanol–water partition coefficient (Wildman–Crippen LogP) is 2.25. The van der Waals surface area contributed by atoms with Gasteiger partial charge < -0.3 is 5.32 Å². The van der Waals surface area contributed by atoms with Crippen molar-refractivity contribution in [3.8, 4) is 0 Å². The Labute approximate surface area is 158 Å². The zero-order chi connectivity index (χ0) is 17.4. The number of nitro benzene ring substituents is 1. The fourth-order valence-electron chi connectivity index (χ4n) is 3.23. The average molecular weight is 434 g/mol. The molecule has 1 aliphatic heterocycles. The summed E-state index contributed by atoms with van der Waals surface area (Å²) in [6.45, 7) is 3.57. The first-order valence-electron chi connectivity index (χ1n) is 7.79. The molecule has 10 heteroatoms. The third kappa shape index (κ3) is 3.36. The van der Waals surface area contributed by atoms with E-state index in [4.69, 9.17) is 11.6 Å². The fraction of sp³-hybridized carbons (Fsp3) is 0.467.